The third-order valence-corrected chi connectivity index (χ3v) is 0.733. The second-order valence-corrected chi connectivity index (χ2v) is 2.05. The molecule has 68 valence electrons. The SMILES string of the molecule is C.Fc1ccccc1.O=[P+](O)O. The molecular weight excluding hydrogens is 182 g/mol. The van der Waals surface area contributed by atoms with Gasteiger partial charge in [-0.25, -0.2) is 4.39 Å². The van der Waals surface area contributed by atoms with Crippen LogP contribution >= 0.6 is 8.25 Å². The van der Waals surface area contributed by atoms with Gasteiger partial charge in [-0.15, -0.1) is 9.79 Å². The first-order chi connectivity index (χ1) is 5.13. The molecule has 0 unspecified atom stereocenters. The van der Waals surface area contributed by atoms with Crippen LogP contribution in [0.4, 0.5) is 4.39 Å². The fourth-order valence-corrected chi connectivity index (χ4v) is 0.415. The maximum atomic E-state index is 11.9. The number of hydrogen-bond acceptors (Lipinski definition) is 1. The fraction of sp³-hybridized carbons (Fsp3) is 0.143. The summed E-state index contributed by atoms with van der Waals surface area (Å²) in [5, 5.41) is 0. The molecule has 0 fully saturated rings. The Morgan fingerprint density at radius 3 is 1.67 bits per heavy atom. The maximum Gasteiger partial charge on any atom is 0.692 e. The van der Waals surface area contributed by atoms with Gasteiger partial charge in [0, 0.05) is 4.57 Å². The van der Waals surface area contributed by atoms with Crippen LogP contribution in [0.1, 0.15) is 7.43 Å². The van der Waals surface area contributed by atoms with Gasteiger partial charge >= 0.3 is 8.25 Å². The first kappa shape index (κ1) is 13.7. The normalized spacial score (nSPS) is 7.25. The highest BCUT2D eigenvalue weighted by Gasteiger charge is 1.93. The second kappa shape index (κ2) is 8.27. The van der Waals surface area contributed by atoms with E-state index < -0.39 is 8.25 Å². The fourth-order valence-electron chi connectivity index (χ4n) is 0.415. The van der Waals surface area contributed by atoms with Crippen molar-refractivity contribution < 1.29 is 18.7 Å². The minimum absolute atomic E-state index is 0. The number of rotatable bonds is 0. The van der Waals surface area contributed by atoms with Crippen molar-refractivity contribution in [2.24, 2.45) is 0 Å². The van der Waals surface area contributed by atoms with Crippen molar-refractivity contribution in [3.05, 3.63) is 36.1 Å². The maximum absolute atomic E-state index is 11.9. The van der Waals surface area contributed by atoms with Gasteiger partial charge in [0.1, 0.15) is 5.82 Å². The molecule has 0 heterocycles. The van der Waals surface area contributed by atoms with Crippen LogP contribution in [-0.2, 0) is 4.57 Å². The quantitative estimate of drug-likeness (QED) is 0.620. The molecule has 5 heteroatoms. The number of halogens is 1. The highest BCUT2D eigenvalue weighted by Crippen LogP contribution is 1.98. The Balaban J connectivity index is 0. The third kappa shape index (κ3) is 11.9. The molecule has 0 aromatic heterocycles. The largest absolute Gasteiger partial charge is 0.692 e. The van der Waals surface area contributed by atoms with Crippen molar-refractivity contribution in [3.63, 3.8) is 0 Å². The van der Waals surface area contributed by atoms with E-state index in [1.54, 1.807) is 18.2 Å². The van der Waals surface area contributed by atoms with Gasteiger partial charge in [-0.05, 0) is 12.1 Å². The van der Waals surface area contributed by atoms with Crippen LogP contribution in [-0.4, -0.2) is 9.79 Å². The van der Waals surface area contributed by atoms with Crippen LogP contribution in [0.3, 0.4) is 0 Å². The Morgan fingerprint density at radius 1 is 1.17 bits per heavy atom. The van der Waals surface area contributed by atoms with E-state index in [0.717, 1.165) is 0 Å². The summed E-state index contributed by atoms with van der Waals surface area (Å²) in [5.74, 6) is -0.178. The zero-order chi connectivity index (χ0) is 8.69. The summed E-state index contributed by atoms with van der Waals surface area (Å²) in [6.45, 7) is 0. The topological polar surface area (TPSA) is 57.5 Å². The Bertz CT molecular complexity index is 211. The molecule has 0 radical (unpaired) electrons. The van der Waals surface area contributed by atoms with E-state index in [-0.39, 0.29) is 13.2 Å². The molecule has 0 aliphatic carbocycles. The Kier molecular flexibility index (Phi) is 9.47. The minimum Gasteiger partial charge on any atom is -0.207 e. The van der Waals surface area contributed by atoms with E-state index in [2.05, 4.69) is 0 Å². The molecule has 0 aliphatic heterocycles. The van der Waals surface area contributed by atoms with E-state index >= 15 is 0 Å². The van der Waals surface area contributed by atoms with Crippen LogP contribution in [0, 0.1) is 5.82 Å². The van der Waals surface area contributed by atoms with Gasteiger partial charge in [0.05, 0.1) is 0 Å². The molecular formula is C7H11FO3P+. The smallest absolute Gasteiger partial charge is 0.207 e. The average Bonchev–Trinajstić information content (AvgIpc) is 1.87. The molecule has 0 saturated heterocycles. The molecule has 0 amide bonds. The van der Waals surface area contributed by atoms with Gasteiger partial charge < -0.3 is 0 Å². The average molecular weight is 193 g/mol. The predicted octanol–water partition coefficient (Wildman–Crippen LogP) is 2.09. The van der Waals surface area contributed by atoms with E-state index in [1.807, 2.05) is 0 Å². The van der Waals surface area contributed by atoms with Crippen molar-refractivity contribution in [2.75, 3.05) is 0 Å². The van der Waals surface area contributed by atoms with Gasteiger partial charge in [-0.3, -0.25) is 0 Å². The summed E-state index contributed by atoms with van der Waals surface area (Å²) in [7, 11) is -2.87. The zero-order valence-corrected chi connectivity index (χ0v) is 6.41. The molecule has 0 spiro atoms. The molecule has 2 N–H and O–H groups in total. The third-order valence-electron chi connectivity index (χ3n) is 0.733. The Morgan fingerprint density at radius 2 is 1.50 bits per heavy atom. The second-order valence-electron chi connectivity index (χ2n) is 1.55. The lowest BCUT2D eigenvalue weighted by molar-refractivity contribution is 0.405. The standard InChI is InChI=1S/C6H5F.CH4.HO3P/c7-6-4-2-1-3-5-6;;1-4(2)3/h1-5H;1H4;(H-,1,2,3)/p+1. The molecule has 3 nitrogen and oxygen atoms in total. The van der Waals surface area contributed by atoms with Crippen molar-refractivity contribution in [1.29, 1.82) is 0 Å². The number of benzene rings is 1. The molecule has 1 aromatic rings. The van der Waals surface area contributed by atoms with Gasteiger partial charge in [0.15, 0.2) is 0 Å². The van der Waals surface area contributed by atoms with Crippen molar-refractivity contribution in [3.8, 4) is 0 Å². The van der Waals surface area contributed by atoms with Crippen LogP contribution < -0.4 is 0 Å². The highest BCUT2D eigenvalue weighted by atomic mass is 31.1. The van der Waals surface area contributed by atoms with Crippen LogP contribution in [0.25, 0.3) is 0 Å². The van der Waals surface area contributed by atoms with Crippen LogP contribution in [0.5, 0.6) is 0 Å². The van der Waals surface area contributed by atoms with Crippen molar-refractivity contribution in [1.82, 2.24) is 0 Å². The van der Waals surface area contributed by atoms with Gasteiger partial charge in [0.2, 0.25) is 0 Å². The molecule has 0 aliphatic rings. The summed E-state index contributed by atoms with van der Waals surface area (Å²) in [5.41, 5.74) is 0. The lowest BCUT2D eigenvalue weighted by Gasteiger charge is -1.78. The van der Waals surface area contributed by atoms with Crippen LogP contribution in [0.15, 0.2) is 30.3 Å². The molecule has 12 heavy (non-hydrogen) atoms. The lowest BCUT2D eigenvalue weighted by atomic mass is 10.4. The summed E-state index contributed by atoms with van der Waals surface area (Å²) in [6.07, 6.45) is 0. The minimum atomic E-state index is -2.87. The van der Waals surface area contributed by atoms with Gasteiger partial charge in [0.25, 0.3) is 0 Å². The lowest BCUT2D eigenvalue weighted by Crippen LogP contribution is -1.63. The summed E-state index contributed by atoms with van der Waals surface area (Å²) < 4.78 is 20.6. The van der Waals surface area contributed by atoms with E-state index in [4.69, 9.17) is 14.4 Å². The molecule has 0 saturated carbocycles. The highest BCUT2D eigenvalue weighted by molar-refractivity contribution is 7.30. The van der Waals surface area contributed by atoms with E-state index in [0.29, 0.717) is 0 Å². The summed E-state index contributed by atoms with van der Waals surface area (Å²) in [6, 6.07) is 7.94. The molecule has 1 aromatic carbocycles. The predicted molar refractivity (Wildman–Crippen MR) is 45.2 cm³/mol. The molecule has 0 atom stereocenters. The van der Waals surface area contributed by atoms with Gasteiger partial charge in [-0.2, -0.15) is 0 Å². The van der Waals surface area contributed by atoms with Gasteiger partial charge in [-0.1, -0.05) is 25.6 Å². The summed E-state index contributed by atoms with van der Waals surface area (Å²) >= 11 is 0. The number of hydrogen-bond donors (Lipinski definition) is 2. The van der Waals surface area contributed by atoms with Crippen molar-refractivity contribution in [2.45, 2.75) is 7.43 Å². The first-order valence-electron chi connectivity index (χ1n) is 2.68. The van der Waals surface area contributed by atoms with Crippen LogP contribution in [0.2, 0.25) is 0 Å². The monoisotopic (exact) mass is 193 g/mol. The van der Waals surface area contributed by atoms with E-state index in [9.17, 15) is 4.39 Å². The first-order valence-corrected chi connectivity index (χ1v) is 3.85. The summed E-state index contributed by atoms with van der Waals surface area (Å²) in [4.78, 5) is 14.2. The molecule has 1 rings (SSSR count). The van der Waals surface area contributed by atoms with E-state index in [1.165, 1.54) is 12.1 Å². The Hall–Kier alpha value is -0.830. The Labute approximate surface area is 71.4 Å². The zero-order valence-electron chi connectivity index (χ0n) is 5.51. The van der Waals surface area contributed by atoms with Crippen molar-refractivity contribution >= 4 is 8.25 Å². The molecule has 0 bridgehead atoms.